The number of amides is 2. The maximum atomic E-state index is 13.0. The lowest BCUT2D eigenvalue weighted by atomic mass is 10.1. The Morgan fingerprint density at radius 2 is 1.87 bits per heavy atom. The van der Waals surface area contributed by atoms with Gasteiger partial charge in [-0.15, -0.1) is 0 Å². The molecule has 2 amide bonds. The standard InChI is InChI=1S/C24H31ClN2O3/c1-3-5-15-26-24(29)22(4-2)27(16-14-19-10-7-6-8-11-19)23(28)18-30-21-13-9-12-20(25)17-21/h6-13,17,22H,3-5,14-16,18H2,1-2H3,(H,26,29)/t22-/m0/s1. The zero-order chi connectivity index (χ0) is 21.8. The minimum absolute atomic E-state index is 0.116. The molecular formula is C24H31ClN2O3. The molecular weight excluding hydrogens is 400 g/mol. The fourth-order valence-electron chi connectivity index (χ4n) is 3.19. The van der Waals surface area contributed by atoms with Gasteiger partial charge in [0.25, 0.3) is 5.91 Å². The van der Waals surface area contributed by atoms with E-state index in [1.54, 1.807) is 29.2 Å². The summed E-state index contributed by atoms with van der Waals surface area (Å²) in [6, 6.07) is 16.3. The molecule has 0 aliphatic rings. The van der Waals surface area contributed by atoms with Crippen molar-refractivity contribution in [3.05, 3.63) is 65.2 Å². The lowest BCUT2D eigenvalue weighted by molar-refractivity contribution is -0.142. The van der Waals surface area contributed by atoms with Crippen LogP contribution >= 0.6 is 11.6 Å². The Balaban J connectivity index is 2.09. The number of hydrogen-bond donors (Lipinski definition) is 1. The lowest BCUT2D eigenvalue weighted by Gasteiger charge is -2.30. The van der Waals surface area contributed by atoms with Crippen LogP contribution in [0.3, 0.4) is 0 Å². The van der Waals surface area contributed by atoms with Crippen molar-refractivity contribution in [2.75, 3.05) is 19.7 Å². The van der Waals surface area contributed by atoms with E-state index in [0.717, 1.165) is 18.4 Å². The fraction of sp³-hybridized carbons (Fsp3) is 0.417. The SMILES string of the molecule is CCCCNC(=O)[C@H](CC)N(CCc1ccccc1)C(=O)COc1cccc(Cl)c1. The number of benzene rings is 2. The number of halogens is 1. The van der Waals surface area contributed by atoms with Gasteiger partial charge < -0.3 is 15.0 Å². The maximum absolute atomic E-state index is 13.0. The molecule has 1 atom stereocenters. The Morgan fingerprint density at radius 1 is 1.10 bits per heavy atom. The molecule has 0 radical (unpaired) electrons. The van der Waals surface area contributed by atoms with Crippen LogP contribution in [0, 0.1) is 0 Å². The minimum Gasteiger partial charge on any atom is -0.484 e. The Bertz CT molecular complexity index is 798. The van der Waals surface area contributed by atoms with Crippen LogP contribution in [-0.2, 0) is 16.0 Å². The lowest BCUT2D eigenvalue weighted by Crippen LogP contribution is -2.51. The van der Waals surface area contributed by atoms with Gasteiger partial charge in [0.1, 0.15) is 11.8 Å². The average molecular weight is 431 g/mol. The van der Waals surface area contributed by atoms with Gasteiger partial charge in [-0.1, -0.05) is 68.3 Å². The maximum Gasteiger partial charge on any atom is 0.261 e. The van der Waals surface area contributed by atoms with Gasteiger partial charge in [-0.2, -0.15) is 0 Å². The van der Waals surface area contributed by atoms with Crippen LogP contribution in [-0.4, -0.2) is 42.5 Å². The Kier molecular flexibility index (Phi) is 10.2. The number of nitrogens with zero attached hydrogens (tertiary/aromatic N) is 1. The highest BCUT2D eigenvalue weighted by Gasteiger charge is 2.28. The molecule has 0 unspecified atom stereocenters. The summed E-state index contributed by atoms with van der Waals surface area (Å²) in [5.41, 5.74) is 1.12. The van der Waals surface area contributed by atoms with E-state index in [2.05, 4.69) is 12.2 Å². The van der Waals surface area contributed by atoms with Crippen molar-refractivity contribution in [1.82, 2.24) is 10.2 Å². The van der Waals surface area contributed by atoms with Crippen molar-refractivity contribution in [3.63, 3.8) is 0 Å². The number of unbranched alkanes of at least 4 members (excludes halogenated alkanes) is 1. The second kappa shape index (κ2) is 12.9. The molecule has 0 aliphatic heterocycles. The second-order valence-corrected chi connectivity index (χ2v) is 7.57. The third-order valence-electron chi connectivity index (χ3n) is 4.86. The van der Waals surface area contributed by atoms with Crippen molar-refractivity contribution in [2.24, 2.45) is 0 Å². The van der Waals surface area contributed by atoms with E-state index in [1.807, 2.05) is 37.3 Å². The van der Waals surface area contributed by atoms with E-state index in [9.17, 15) is 9.59 Å². The molecule has 0 spiro atoms. The molecule has 0 bridgehead atoms. The first-order chi connectivity index (χ1) is 14.5. The molecule has 2 aromatic rings. The summed E-state index contributed by atoms with van der Waals surface area (Å²) in [5.74, 6) is 0.192. The molecule has 5 nitrogen and oxygen atoms in total. The van der Waals surface area contributed by atoms with Gasteiger partial charge in [-0.3, -0.25) is 9.59 Å². The predicted molar refractivity (Wildman–Crippen MR) is 121 cm³/mol. The van der Waals surface area contributed by atoms with Gasteiger partial charge in [0, 0.05) is 18.1 Å². The average Bonchev–Trinajstić information content (AvgIpc) is 2.75. The number of hydrogen-bond acceptors (Lipinski definition) is 3. The monoisotopic (exact) mass is 430 g/mol. The Labute approximate surface area is 184 Å². The zero-order valence-corrected chi connectivity index (χ0v) is 18.5. The van der Waals surface area contributed by atoms with Crippen LogP contribution in [0.4, 0.5) is 0 Å². The van der Waals surface area contributed by atoms with Crippen LogP contribution in [0.2, 0.25) is 5.02 Å². The highest BCUT2D eigenvalue weighted by atomic mass is 35.5. The molecule has 0 saturated carbocycles. The number of carbonyl (C=O) groups is 2. The van der Waals surface area contributed by atoms with Crippen molar-refractivity contribution in [2.45, 2.75) is 45.6 Å². The number of ether oxygens (including phenoxy) is 1. The van der Waals surface area contributed by atoms with E-state index in [1.165, 1.54) is 0 Å². The zero-order valence-electron chi connectivity index (χ0n) is 17.8. The van der Waals surface area contributed by atoms with Crippen LogP contribution in [0.1, 0.15) is 38.7 Å². The van der Waals surface area contributed by atoms with E-state index in [0.29, 0.717) is 36.7 Å². The summed E-state index contributed by atoms with van der Waals surface area (Å²) in [4.78, 5) is 27.4. The van der Waals surface area contributed by atoms with Crippen LogP contribution < -0.4 is 10.1 Å². The van der Waals surface area contributed by atoms with Gasteiger partial charge in [0.2, 0.25) is 5.91 Å². The van der Waals surface area contributed by atoms with E-state index >= 15 is 0 Å². The second-order valence-electron chi connectivity index (χ2n) is 7.14. The van der Waals surface area contributed by atoms with Crippen molar-refractivity contribution in [1.29, 1.82) is 0 Å². The molecule has 0 heterocycles. The molecule has 6 heteroatoms. The molecule has 0 fully saturated rings. The molecule has 30 heavy (non-hydrogen) atoms. The van der Waals surface area contributed by atoms with Crippen LogP contribution in [0.5, 0.6) is 5.75 Å². The van der Waals surface area contributed by atoms with Crippen molar-refractivity contribution in [3.8, 4) is 5.75 Å². The normalized spacial score (nSPS) is 11.6. The van der Waals surface area contributed by atoms with E-state index in [4.69, 9.17) is 16.3 Å². The van der Waals surface area contributed by atoms with Gasteiger partial charge in [0.15, 0.2) is 6.61 Å². The largest absolute Gasteiger partial charge is 0.484 e. The van der Waals surface area contributed by atoms with Gasteiger partial charge in [-0.25, -0.2) is 0 Å². The highest BCUT2D eigenvalue weighted by Crippen LogP contribution is 2.17. The topological polar surface area (TPSA) is 58.6 Å². The number of rotatable bonds is 12. The summed E-state index contributed by atoms with van der Waals surface area (Å²) in [6.07, 6.45) is 3.12. The molecule has 162 valence electrons. The first-order valence-electron chi connectivity index (χ1n) is 10.5. The molecule has 0 saturated heterocycles. The Hall–Kier alpha value is -2.53. The van der Waals surface area contributed by atoms with Gasteiger partial charge in [-0.05, 0) is 43.0 Å². The fourth-order valence-corrected chi connectivity index (χ4v) is 3.37. The predicted octanol–water partition coefficient (Wildman–Crippen LogP) is 4.49. The summed E-state index contributed by atoms with van der Waals surface area (Å²) in [5, 5.41) is 3.50. The first kappa shape index (κ1) is 23.7. The van der Waals surface area contributed by atoms with Crippen molar-refractivity contribution >= 4 is 23.4 Å². The smallest absolute Gasteiger partial charge is 0.261 e. The molecule has 0 aliphatic carbocycles. The van der Waals surface area contributed by atoms with Gasteiger partial charge in [0.05, 0.1) is 0 Å². The quantitative estimate of drug-likeness (QED) is 0.505. The number of carbonyl (C=O) groups excluding carboxylic acids is 2. The summed E-state index contributed by atoms with van der Waals surface area (Å²) < 4.78 is 5.65. The third kappa shape index (κ3) is 7.71. The van der Waals surface area contributed by atoms with Gasteiger partial charge >= 0.3 is 0 Å². The summed E-state index contributed by atoms with van der Waals surface area (Å²) >= 11 is 5.99. The molecule has 0 aromatic heterocycles. The van der Waals surface area contributed by atoms with Crippen LogP contribution in [0.25, 0.3) is 0 Å². The molecule has 2 aromatic carbocycles. The van der Waals surface area contributed by atoms with Crippen LogP contribution in [0.15, 0.2) is 54.6 Å². The van der Waals surface area contributed by atoms with Crippen molar-refractivity contribution < 1.29 is 14.3 Å². The number of nitrogens with one attached hydrogen (secondary N) is 1. The summed E-state index contributed by atoms with van der Waals surface area (Å²) in [7, 11) is 0. The highest BCUT2D eigenvalue weighted by molar-refractivity contribution is 6.30. The molecule has 1 N–H and O–H groups in total. The third-order valence-corrected chi connectivity index (χ3v) is 5.09. The van der Waals surface area contributed by atoms with E-state index < -0.39 is 6.04 Å². The van der Waals surface area contributed by atoms with E-state index in [-0.39, 0.29) is 18.4 Å². The first-order valence-corrected chi connectivity index (χ1v) is 10.9. The Morgan fingerprint density at radius 3 is 2.53 bits per heavy atom. The summed E-state index contributed by atoms with van der Waals surface area (Å²) in [6.45, 7) is 4.91. The minimum atomic E-state index is -0.527. The molecule has 2 rings (SSSR count).